The van der Waals surface area contributed by atoms with Gasteiger partial charge in [0.15, 0.2) is 5.78 Å². The molecule has 0 bridgehead atoms. The summed E-state index contributed by atoms with van der Waals surface area (Å²) in [5.41, 5.74) is 2.34. The molecule has 0 amide bonds. The van der Waals surface area contributed by atoms with Crippen LogP contribution in [0.25, 0.3) is 0 Å². The van der Waals surface area contributed by atoms with Crippen molar-refractivity contribution in [1.29, 1.82) is 0 Å². The van der Waals surface area contributed by atoms with Gasteiger partial charge in [0, 0.05) is 18.7 Å². The zero-order chi connectivity index (χ0) is 12.1. The fourth-order valence-electron chi connectivity index (χ4n) is 1.51. The van der Waals surface area contributed by atoms with Gasteiger partial charge >= 0.3 is 0 Å². The first kappa shape index (κ1) is 12.8. The fourth-order valence-corrected chi connectivity index (χ4v) is 1.51. The minimum absolute atomic E-state index is 0.160. The molecule has 0 radical (unpaired) electrons. The first-order valence-electron chi connectivity index (χ1n) is 5.85. The van der Waals surface area contributed by atoms with Crippen LogP contribution in [0.15, 0.2) is 24.3 Å². The van der Waals surface area contributed by atoms with E-state index < -0.39 is 0 Å². The molecule has 2 nitrogen and oxygen atoms in total. The van der Waals surface area contributed by atoms with E-state index in [1.807, 2.05) is 18.9 Å². The fraction of sp³-hybridized carbons (Fsp3) is 0.500. The Morgan fingerprint density at radius 2 is 1.88 bits per heavy atom. The average molecular weight is 219 g/mol. The quantitative estimate of drug-likeness (QED) is 0.758. The monoisotopic (exact) mass is 219 g/mol. The van der Waals surface area contributed by atoms with E-state index in [0.29, 0.717) is 12.3 Å². The Balaban J connectivity index is 2.62. The Morgan fingerprint density at radius 3 is 2.38 bits per heavy atom. The molecule has 0 fully saturated rings. The van der Waals surface area contributed by atoms with Crippen LogP contribution in [-0.4, -0.2) is 19.4 Å². The van der Waals surface area contributed by atoms with Gasteiger partial charge in [-0.2, -0.15) is 0 Å². The maximum absolute atomic E-state index is 11.8. The Bertz CT molecular complexity index is 342. The number of likely N-dealkylation sites (N-methyl/N-ethyl adjacent to an activating group) is 1. The number of hydrogen-bond acceptors (Lipinski definition) is 2. The predicted molar refractivity (Wildman–Crippen MR) is 68.9 cm³/mol. The number of Topliss-reactive ketones (excluding diaryl/α,β-unsaturated/α-hetero) is 1. The largest absolute Gasteiger partial charge is 0.367 e. The van der Waals surface area contributed by atoms with Crippen LogP contribution in [0.4, 0.5) is 5.69 Å². The third-order valence-corrected chi connectivity index (χ3v) is 3.03. The highest BCUT2D eigenvalue weighted by atomic mass is 16.1. The topological polar surface area (TPSA) is 20.3 Å². The van der Waals surface area contributed by atoms with Crippen molar-refractivity contribution in [1.82, 2.24) is 0 Å². The Kier molecular flexibility index (Phi) is 4.53. The third kappa shape index (κ3) is 3.37. The van der Waals surface area contributed by atoms with Gasteiger partial charge in [-0.05, 0) is 25.5 Å². The van der Waals surface area contributed by atoms with E-state index in [9.17, 15) is 4.79 Å². The summed E-state index contributed by atoms with van der Waals surface area (Å²) in [7, 11) is 1.96. The molecule has 0 heterocycles. The molecule has 1 aromatic rings. The molecular formula is C14H21NO. The molecule has 0 spiro atoms. The number of carbonyl (C=O) groups excluding carboxylic acids is 1. The van der Waals surface area contributed by atoms with E-state index in [1.165, 1.54) is 5.56 Å². The van der Waals surface area contributed by atoms with E-state index in [4.69, 9.17) is 0 Å². The van der Waals surface area contributed by atoms with Crippen LogP contribution in [0, 0.1) is 12.8 Å². The smallest absolute Gasteiger partial charge is 0.154 e. The lowest BCUT2D eigenvalue weighted by Gasteiger charge is -2.20. The van der Waals surface area contributed by atoms with Crippen molar-refractivity contribution in [3.8, 4) is 0 Å². The summed E-state index contributed by atoms with van der Waals surface area (Å²) < 4.78 is 0. The average Bonchev–Trinajstić information content (AvgIpc) is 2.28. The number of ketones is 1. The molecular weight excluding hydrogens is 198 g/mol. The van der Waals surface area contributed by atoms with E-state index in [-0.39, 0.29) is 5.92 Å². The molecule has 88 valence electrons. The molecule has 0 aliphatic rings. The summed E-state index contributed by atoms with van der Waals surface area (Å²) in [4.78, 5) is 13.8. The van der Waals surface area contributed by atoms with Gasteiger partial charge in [-0.1, -0.05) is 31.5 Å². The lowest BCUT2D eigenvalue weighted by atomic mass is 10.0. The van der Waals surface area contributed by atoms with Crippen molar-refractivity contribution < 1.29 is 4.79 Å². The number of anilines is 1. The van der Waals surface area contributed by atoms with Gasteiger partial charge in [-0.25, -0.2) is 0 Å². The minimum Gasteiger partial charge on any atom is -0.367 e. The summed E-state index contributed by atoms with van der Waals surface area (Å²) in [6.07, 6.45) is 0.917. The van der Waals surface area contributed by atoms with Gasteiger partial charge in [0.1, 0.15) is 0 Å². The van der Waals surface area contributed by atoms with Crippen LogP contribution in [0.3, 0.4) is 0 Å². The van der Waals surface area contributed by atoms with Gasteiger partial charge in [0.2, 0.25) is 0 Å². The molecule has 0 aromatic heterocycles. The van der Waals surface area contributed by atoms with E-state index >= 15 is 0 Å². The lowest BCUT2D eigenvalue weighted by Crippen LogP contribution is -2.29. The molecule has 0 aliphatic carbocycles. The highest BCUT2D eigenvalue weighted by Crippen LogP contribution is 2.14. The van der Waals surface area contributed by atoms with Gasteiger partial charge < -0.3 is 4.90 Å². The molecule has 0 N–H and O–H groups in total. The number of rotatable bonds is 5. The number of hydrogen-bond donors (Lipinski definition) is 0. The Labute approximate surface area is 98.3 Å². The molecule has 0 aliphatic heterocycles. The molecule has 0 saturated carbocycles. The zero-order valence-electron chi connectivity index (χ0n) is 10.7. The number of benzene rings is 1. The van der Waals surface area contributed by atoms with Gasteiger partial charge in [0.05, 0.1) is 6.54 Å². The maximum Gasteiger partial charge on any atom is 0.154 e. The van der Waals surface area contributed by atoms with Crippen molar-refractivity contribution in [2.75, 3.05) is 18.5 Å². The van der Waals surface area contributed by atoms with Gasteiger partial charge in [-0.15, -0.1) is 0 Å². The first-order chi connectivity index (χ1) is 7.54. The van der Waals surface area contributed by atoms with Crippen molar-refractivity contribution in [2.45, 2.75) is 27.2 Å². The van der Waals surface area contributed by atoms with Crippen LogP contribution in [0.1, 0.15) is 25.8 Å². The molecule has 1 unspecified atom stereocenters. The van der Waals surface area contributed by atoms with Crippen LogP contribution in [0.5, 0.6) is 0 Å². The van der Waals surface area contributed by atoms with Gasteiger partial charge in [-0.3, -0.25) is 4.79 Å². The Hall–Kier alpha value is -1.31. The first-order valence-corrected chi connectivity index (χ1v) is 5.85. The Morgan fingerprint density at radius 1 is 1.31 bits per heavy atom. The molecule has 1 atom stereocenters. The SMILES string of the molecule is CCC(C)C(=O)CN(C)c1ccc(C)cc1. The second-order valence-electron chi connectivity index (χ2n) is 4.47. The minimum atomic E-state index is 0.160. The summed E-state index contributed by atoms with van der Waals surface area (Å²) in [6, 6.07) is 8.25. The maximum atomic E-state index is 11.8. The second-order valence-corrected chi connectivity index (χ2v) is 4.47. The molecule has 2 heteroatoms. The zero-order valence-corrected chi connectivity index (χ0v) is 10.7. The summed E-state index contributed by atoms with van der Waals surface area (Å²) in [5, 5.41) is 0. The lowest BCUT2D eigenvalue weighted by molar-refractivity contribution is -0.121. The van der Waals surface area contributed by atoms with E-state index in [1.54, 1.807) is 0 Å². The summed E-state index contributed by atoms with van der Waals surface area (Å²) in [5.74, 6) is 0.471. The summed E-state index contributed by atoms with van der Waals surface area (Å²) in [6.45, 7) is 6.60. The number of aryl methyl sites for hydroxylation is 1. The van der Waals surface area contributed by atoms with Crippen molar-refractivity contribution >= 4 is 11.5 Å². The second kappa shape index (κ2) is 5.69. The highest BCUT2D eigenvalue weighted by Gasteiger charge is 2.13. The van der Waals surface area contributed by atoms with Crippen LogP contribution in [0.2, 0.25) is 0 Å². The number of carbonyl (C=O) groups is 1. The normalized spacial score (nSPS) is 12.2. The van der Waals surface area contributed by atoms with Crippen LogP contribution < -0.4 is 4.90 Å². The summed E-state index contributed by atoms with van der Waals surface area (Å²) >= 11 is 0. The molecule has 0 saturated heterocycles. The van der Waals surface area contributed by atoms with Crippen LogP contribution >= 0.6 is 0 Å². The number of nitrogens with zero attached hydrogens (tertiary/aromatic N) is 1. The molecule has 1 rings (SSSR count). The van der Waals surface area contributed by atoms with E-state index in [0.717, 1.165) is 12.1 Å². The van der Waals surface area contributed by atoms with E-state index in [2.05, 4.69) is 38.1 Å². The van der Waals surface area contributed by atoms with Crippen LogP contribution in [-0.2, 0) is 4.79 Å². The van der Waals surface area contributed by atoms with Crippen molar-refractivity contribution in [3.05, 3.63) is 29.8 Å². The standard InChI is InChI=1S/C14H21NO/c1-5-12(3)14(16)10-15(4)13-8-6-11(2)7-9-13/h6-9,12H,5,10H2,1-4H3. The van der Waals surface area contributed by atoms with Gasteiger partial charge in [0.25, 0.3) is 0 Å². The molecule has 1 aromatic carbocycles. The molecule has 16 heavy (non-hydrogen) atoms. The predicted octanol–water partition coefficient (Wildman–Crippen LogP) is 3.05. The third-order valence-electron chi connectivity index (χ3n) is 3.03. The van der Waals surface area contributed by atoms with Crippen molar-refractivity contribution in [3.63, 3.8) is 0 Å². The highest BCUT2D eigenvalue weighted by molar-refractivity contribution is 5.85. The van der Waals surface area contributed by atoms with Crippen molar-refractivity contribution in [2.24, 2.45) is 5.92 Å².